The molecule has 4 heteroatoms. The van der Waals surface area contributed by atoms with Crippen LogP contribution in [0.5, 0.6) is 0 Å². The molecule has 0 bridgehead atoms. The summed E-state index contributed by atoms with van der Waals surface area (Å²) in [6.07, 6.45) is 15.6. The van der Waals surface area contributed by atoms with E-state index in [4.69, 9.17) is 0 Å². The van der Waals surface area contributed by atoms with Gasteiger partial charge in [0.15, 0.2) is 0 Å². The van der Waals surface area contributed by atoms with Crippen molar-refractivity contribution in [2.75, 3.05) is 9.80 Å². The molecule has 59 heavy (non-hydrogen) atoms. The number of aromatic nitrogens is 2. The van der Waals surface area contributed by atoms with Crippen LogP contribution in [0.3, 0.4) is 0 Å². The van der Waals surface area contributed by atoms with Gasteiger partial charge in [-0.25, -0.2) is 0 Å². The molecule has 280 valence electrons. The number of hydrogen-bond acceptors (Lipinski definition) is 2. The molecule has 0 saturated heterocycles. The molecule has 0 spiro atoms. The first-order valence-electron chi connectivity index (χ1n) is 20.9. The van der Waals surface area contributed by atoms with Gasteiger partial charge < -0.3 is 18.6 Å². The van der Waals surface area contributed by atoms with Crippen molar-refractivity contribution in [1.82, 2.24) is 8.80 Å². The van der Waals surface area contributed by atoms with Crippen molar-refractivity contribution in [2.45, 2.75) is 32.7 Å². The SMILES string of the molecule is CC1=CC=CCC1N(C1=CC=CC1)c1cccc2c1c1cccc3c4cc5c(cc4n2c31)c1cccc2c3c(N(c4ccccc4)c4ccccc4C)cccc3n5c12. The summed E-state index contributed by atoms with van der Waals surface area (Å²) in [6, 6.07) is 52.4. The molecule has 13 rings (SSSR count). The van der Waals surface area contributed by atoms with E-state index in [1.807, 2.05) is 0 Å². The maximum absolute atomic E-state index is 2.63. The van der Waals surface area contributed by atoms with Crippen LogP contribution in [0.4, 0.5) is 22.7 Å². The van der Waals surface area contributed by atoms with Crippen LogP contribution in [0.1, 0.15) is 25.3 Å². The molecule has 4 aromatic heterocycles. The molecule has 0 saturated carbocycles. The van der Waals surface area contributed by atoms with Gasteiger partial charge in [-0.2, -0.15) is 0 Å². The van der Waals surface area contributed by atoms with E-state index in [0.717, 1.165) is 18.5 Å². The van der Waals surface area contributed by atoms with E-state index in [2.05, 4.69) is 208 Å². The van der Waals surface area contributed by atoms with Gasteiger partial charge in [-0.05, 0) is 86.5 Å². The molecule has 4 nitrogen and oxygen atoms in total. The monoisotopic (exact) mass is 756 g/mol. The number of allylic oxidation sites excluding steroid dienone is 5. The highest BCUT2D eigenvalue weighted by molar-refractivity contribution is 6.31. The molecular formula is C55H40N4. The van der Waals surface area contributed by atoms with Gasteiger partial charge in [0.05, 0.1) is 50.5 Å². The Bertz CT molecular complexity index is 3650. The fourth-order valence-electron chi connectivity index (χ4n) is 10.9. The van der Waals surface area contributed by atoms with E-state index in [9.17, 15) is 0 Å². The normalized spacial score (nSPS) is 15.7. The van der Waals surface area contributed by atoms with E-state index in [-0.39, 0.29) is 6.04 Å². The van der Waals surface area contributed by atoms with Crippen LogP contribution < -0.4 is 9.80 Å². The first kappa shape index (κ1) is 32.8. The summed E-state index contributed by atoms with van der Waals surface area (Å²) < 4.78 is 5.10. The number of fused-ring (bicyclic) bond motifs is 12. The lowest BCUT2D eigenvalue weighted by molar-refractivity contribution is 0.709. The Morgan fingerprint density at radius 2 is 1.07 bits per heavy atom. The van der Waals surface area contributed by atoms with Gasteiger partial charge in [0, 0.05) is 66.6 Å². The summed E-state index contributed by atoms with van der Waals surface area (Å²) in [6.45, 7) is 4.50. The zero-order chi connectivity index (χ0) is 38.9. The molecule has 11 aromatic rings. The van der Waals surface area contributed by atoms with Crippen LogP contribution in [-0.4, -0.2) is 14.8 Å². The Labute approximate surface area is 341 Å². The zero-order valence-corrected chi connectivity index (χ0v) is 33.0. The minimum Gasteiger partial charge on any atom is -0.337 e. The van der Waals surface area contributed by atoms with Crippen molar-refractivity contribution in [3.8, 4) is 0 Å². The second-order valence-electron chi connectivity index (χ2n) is 16.5. The second-order valence-corrected chi connectivity index (χ2v) is 16.5. The topological polar surface area (TPSA) is 15.3 Å². The van der Waals surface area contributed by atoms with Crippen LogP contribution in [0.25, 0.3) is 76.2 Å². The number of aryl methyl sites for hydroxylation is 1. The van der Waals surface area contributed by atoms with E-state index < -0.39 is 0 Å². The van der Waals surface area contributed by atoms with E-state index in [0.29, 0.717) is 0 Å². The average molecular weight is 757 g/mol. The number of hydrogen-bond donors (Lipinski definition) is 0. The smallest absolute Gasteiger partial charge is 0.0621 e. The summed E-state index contributed by atoms with van der Waals surface area (Å²) in [5.74, 6) is 0. The number of nitrogens with zero attached hydrogens (tertiary/aromatic N) is 4. The van der Waals surface area contributed by atoms with Crippen LogP contribution in [0, 0.1) is 6.92 Å². The predicted octanol–water partition coefficient (Wildman–Crippen LogP) is 14.7. The molecule has 4 heterocycles. The minimum atomic E-state index is 0.277. The predicted molar refractivity (Wildman–Crippen MR) is 251 cm³/mol. The summed E-state index contributed by atoms with van der Waals surface area (Å²) in [5, 5.41) is 10.3. The van der Waals surface area contributed by atoms with Crippen molar-refractivity contribution < 1.29 is 0 Å². The third-order valence-corrected chi connectivity index (χ3v) is 13.4. The molecule has 2 aliphatic rings. The molecule has 2 aliphatic carbocycles. The molecular weight excluding hydrogens is 717 g/mol. The first-order valence-corrected chi connectivity index (χ1v) is 20.9. The Morgan fingerprint density at radius 1 is 0.492 bits per heavy atom. The standard InChI is InChI=1S/C55H40N4/c1-34-16-6-10-26-44(34)56(36-18-4-3-5-19-36)46-28-14-30-48-52(46)40-24-12-22-38-42-33-51-43(32-50(42)58(48)54(38)40)39-23-13-25-41-53-47(29-15-31-49(53)59(51)55(39)41)57(37-20-8-9-21-37)45-27-11-7-17-35(45)2/h3-20,22-26,28-33,45H,21,27H2,1-2H3. The quantitative estimate of drug-likeness (QED) is 0.168. The lowest BCUT2D eigenvalue weighted by Gasteiger charge is -2.36. The second kappa shape index (κ2) is 12.1. The van der Waals surface area contributed by atoms with E-state index >= 15 is 0 Å². The molecule has 0 N–H and O–H groups in total. The zero-order valence-electron chi connectivity index (χ0n) is 33.0. The van der Waals surface area contributed by atoms with E-state index in [1.165, 1.54) is 110 Å². The number of benzene rings is 7. The number of anilines is 4. The Morgan fingerprint density at radius 3 is 1.71 bits per heavy atom. The van der Waals surface area contributed by atoms with Gasteiger partial charge in [-0.1, -0.05) is 121 Å². The van der Waals surface area contributed by atoms with E-state index in [1.54, 1.807) is 0 Å². The highest BCUT2D eigenvalue weighted by Crippen LogP contribution is 2.49. The van der Waals surface area contributed by atoms with Gasteiger partial charge in [0.25, 0.3) is 0 Å². The largest absolute Gasteiger partial charge is 0.337 e. The molecule has 0 radical (unpaired) electrons. The summed E-state index contributed by atoms with van der Waals surface area (Å²) in [7, 11) is 0. The maximum atomic E-state index is 2.63. The van der Waals surface area contributed by atoms with Crippen molar-refractivity contribution in [2.24, 2.45) is 0 Å². The molecule has 0 amide bonds. The maximum Gasteiger partial charge on any atom is 0.0621 e. The Kier molecular flexibility index (Phi) is 6.72. The summed E-state index contributed by atoms with van der Waals surface area (Å²) in [5.41, 5.74) is 16.4. The van der Waals surface area contributed by atoms with Gasteiger partial charge in [0.2, 0.25) is 0 Å². The number of rotatable bonds is 6. The molecule has 0 fully saturated rings. The first-order chi connectivity index (χ1) is 29.2. The molecule has 1 atom stereocenters. The van der Waals surface area contributed by atoms with Crippen molar-refractivity contribution in [3.05, 3.63) is 193 Å². The van der Waals surface area contributed by atoms with Gasteiger partial charge in [0.1, 0.15) is 0 Å². The lowest BCUT2D eigenvalue weighted by atomic mass is 9.96. The van der Waals surface area contributed by atoms with Gasteiger partial charge in [-0.3, -0.25) is 0 Å². The fourth-order valence-corrected chi connectivity index (χ4v) is 10.9. The number of para-hydroxylation sites is 4. The van der Waals surface area contributed by atoms with Crippen LogP contribution in [0.15, 0.2) is 187 Å². The van der Waals surface area contributed by atoms with Crippen molar-refractivity contribution in [3.63, 3.8) is 0 Å². The van der Waals surface area contributed by atoms with Crippen molar-refractivity contribution in [1.29, 1.82) is 0 Å². The minimum absolute atomic E-state index is 0.277. The third-order valence-electron chi connectivity index (χ3n) is 13.4. The fraction of sp³-hybridized carbons (Fsp3) is 0.0909. The van der Waals surface area contributed by atoms with Gasteiger partial charge >= 0.3 is 0 Å². The summed E-state index contributed by atoms with van der Waals surface area (Å²) in [4.78, 5) is 5.07. The lowest BCUT2D eigenvalue weighted by Crippen LogP contribution is -2.35. The highest BCUT2D eigenvalue weighted by atomic mass is 15.2. The van der Waals surface area contributed by atoms with Crippen LogP contribution >= 0.6 is 0 Å². The molecule has 1 unspecified atom stereocenters. The summed E-state index contributed by atoms with van der Waals surface area (Å²) >= 11 is 0. The van der Waals surface area contributed by atoms with Crippen LogP contribution in [0.2, 0.25) is 0 Å². The molecule has 7 aromatic carbocycles. The Hall–Kier alpha value is -7.30. The molecule has 0 aliphatic heterocycles. The van der Waals surface area contributed by atoms with Crippen LogP contribution in [-0.2, 0) is 0 Å². The van der Waals surface area contributed by atoms with Crippen molar-refractivity contribution >= 4 is 98.9 Å². The van der Waals surface area contributed by atoms with Gasteiger partial charge in [-0.15, -0.1) is 0 Å². The third kappa shape index (κ3) is 4.38. The average Bonchev–Trinajstić information content (AvgIpc) is 4.11. The highest BCUT2D eigenvalue weighted by Gasteiger charge is 2.30. The Balaban J connectivity index is 1.09.